The summed E-state index contributed by atoms with van der Waals surface area (Å²) in [5, 5.41) is 0. The van der Waals surface area contributed by atoms with Crippen molar-refractivity contribution in [2.24, 2.45) is 5.92 Å². The van der Waals surface area contributed by atoms with Gasteiger partial charge in [-0.15, -0.1) is 0 Å². The van der Waals surface area contributed by atoms with Crippen LogP contribution in [0.25, 0.3) is 0 Å². The van der Waals surface area contributed by atoms with Crippen LogP contribution in [0.4, 0.5) is 0 Å². The molecule has 4 heteroatoms. The van der Waals surface area contributed by atoms with Crippen molar-refractivity contribution in [1.82, 2.24) is 0 Å². The Morgan fingerprint density at radius 3 is 2.47 bits per heavy atom. The second-order valence-corrected chi connectivity index (χ2v) is 4.96. The van der Waals surface area contributed by atoms with Gasteiger partial charge in [-0.1, -0.05) is 19.9 Å². The molecule has 92 valence electrons. The smallest absolute Gasteiger partial charge is 0.338 e. The molecule has 0 bridgehead atoms. The quantitative estimate of drug-likeness (QED) is 0.803. The van der Waals surface area contributed by atoms with Crippen molar-refractivity contribution >= 4 is 27.7 Å². The first-order valence-electron chi connectivity index (χ1n) is 5.35. The zero-order valence-corrected chi connectivity index (χ0v) is 11.7. The van der Waals surface area contributed by atoms with Crippen LogP contribution in [0.5, 0.6) is 0 Å². The summed E-state index contributed by atoms with van der Waals surface area (Å²) >= 11 is 3.30. The average molecular weight is 299 g/mol. The van der Waals surface area contributed by atoms with Gasteiger partial charge in [-0.05, 0) is 33.6 Å². The Hall–Kier alpha value is -1.16. The fourth-order valence-electron chi connectivity index (χ4n) is 1.35. The van der Waals surface area contributed by atoms with Gasteiger partial charge in [0.1, 0.15) is 5.78 Å². The fourth-order valence-corrected chi connectivity index (χ4v) is 1.94. The molecule has 17 heavy (non-hydrogen) atoms. The van der Waals surface area contributed by atoms with Gasteiger partial charge in [0.2, 0.25) is 0 Å². The number of Topliss-reactive ketones (excluding diaryl/α,β-unsaturated/α-hetero) is 1. The molecule has 0 saturated carbocycles. The Labute approximate surface area is 109 Å². The molecule has 0 aliphatic rings. The van der Waals surface area contributed by atoms with Crippen molar-refractivity contribution in [3.8, 4) is 0 Å². The first-order chi connectivity index (χ1) is 7.95. The zero-order valence-electron chi connectivity index (χ0n) is 10.1. The Bertz CT molecular complexity index is 438. The second kappa shape index (κ2) is 5.96. The fraction of sp³-hybridized carbons (Fsp3) is 0.385. The summed E-state index contributed by atoms with van der Waals surface area (Å²) in [6, 6.07) is 5.22. The van der Waals surface area contributed by atoms with Gasteiger partial charge in [0, 0.05) is 16.8 Å². The van der Waals surface area contributed by atoms with E-state index in [1.54, 1.807) is 18.2 Å². The standard InChI is InChI=1S/C13H15BrO3/c1-8(2)12(15)7-9-4-5-10(11(14)6-9)13(16)17-3/h4-6,8H,7H2,1-3H3. The van der Waals surface area contributed by atoms with E-state index in [9.17, 15) is 9.59 Å². The largest absolute Gasteiger partial charge is 0.465 e. The number of ketones is 1. The maximum atomic E-state index is 11.6. The molecule has 0 aliphatic carbocycles. The van der Waals surface area contributed by atoms with Crippen molar-refractivity contribution in [3.05, 3.63) is 33.8 Å². The third-order valence-electron chi connectivity index (χ3n) is 2.46. The maximum Gasteiger partial charge on any atom is 0.338 e. The number of benzene rings is 1. The van der Waals surface area contributed by atoms with Crippen LogP contribution in [0, 0.1) is 5.92 Å². The van der Waals surface area contributed by atoms with Crippen LogP contribution in [0.3, 0.4) is 0 Å². The number of hydrogen-bond acceptors (Lipinski definition) is 3. The van der Waals surface area contributed by atoms with E-state index in [0.29, 0.717) is 16.5 Å². The van der Waals surface area contributed by atoms with E-state index in [2.05, 4.69) is 20.7 Å². The molecule has 0 amide bonds. The molecule has 3 nitrogen and oxygen atoms in total. The maximum absolute atomic E-state index is 11.6. The van der Waals surface area contributed by atoms with Crippen LogP contribution < -0.4 is 0 Å². The van der Waals surface area contributed by atoms with Crippen molar-refractivity contribution in [3.63, 3.8) is 0 Å². The van der Waals surface area contributed by atoms with Gasteiger partial charge in [0.05, 0.1) is 12.7 Å². The molecule has 1 rings (SSSR count). The van der Waals surface area contributed by atoms with Crippen LogP contribution in [-0.4, -0.2) is 18.9 Å². The Kier molecular flexibility index (Phi) is 4.87. The van der Waals surface area contributed by atoms with E-state index in [1.165, 1.54) is 7.11 Å². The SMILES string of the molecule is COC(=O)c1ccc(CC(=O)C(C)C)cc1Br. The number of esters is 1. The molecule has 1 aromatic rings. The van der Waals surface area contributed by atoms with Gasteiger partial charge in [0.25, 0.3) is 0 Å². The molecule has 0 spiro atoms. The topological polar surface area (TPSA) is 43.4 Å². The lowest BCUT2D eigenvalue weighted by Crippen LogP contribution is -2.10. The minimum atomic E-state index is -0.390. The molecule has 0 radical (unpaired) electrons. The van der Waals surface area contributed by atoms with Gasteiger partial charge in [0.15, 0.2) is 0 Å². The highest BCUT2D eigenvalue weighted by Gasteiger charge is 2.13. The van der Waals surface area contributed by atoms with Gasteiger partial charge in [-0.25, -0.2) is 4.79 Å². The van der Waals surface area contributed by atoms with Crippen molar-refractivity contribution < 1.29 is 14.3 Å². The van der Waals surface area contributed by atoms with Crippen LogP contribution in [0.15, 0.2) is 22.7 Å². The van der Waals surface area contributed by atoms with Crippen LogP contribution >= 0.6 is 15.9 Å². The summed E-state index contributed by atoms with van der Waals surface area (Å²) in [5.74, 6) is -0.185. The molecule has 0 unspecified atom stereocenters. The van der Waals surface area contributed by atoms with E-state index in [4.69, 9.17) is 0 Å². The zero-order chi connectivity index (χ0) is 13.0. The van der Waals surface area contributed by atoms with Crippen LogP contribution in [0.1, 0.15) is 29.8 Å². The third-order valence-corrected chi connectivity index (χ3v) is 3.12. The van der Waals surface area contributed by atoms with E-state index in [0.717, 1.165) is 5.56 Å². The summed E-state index contributed by atoms with van der Waals surface area (Å²) < 4.78 is 5.29. The molecule has 0 saturated heterocycles. The lowest BCUT2D eigenvalue weighted by molar-refractivity contribution is -0.121. The van der Waals surface area contributed by atoms with Gasteiger partial charge >= 0.3 is 5.97 Å². The van der Waals surface area contributed by atoms with E-state index in [-0.39, 0.29) is 11.7 Å². The number of halogens is 1. The lowest BCUT2D eigenvalue weighted by atomic mass is 10.0. The molecular formula is C13H15BrO3. The van der Waals surface area contributed by atoms with Crippen LogP contribution in [0.2, 0.25) is 0 Å². The van der Waals surface area contributed by atoms with Gasteiger partial charge in [-0.3, -0.25) is 4.79 Å². The van der Waals surface area contributed by atoms with E-state index < -0.39 is 5.97 Å². The highest BCUT2D eigenvalue weighted by molar-refractivity contribution is 9.10. The summed E-state index contributed by atoms with van der Waals surface area (Å²) in [5.41, 5.74) is 1.36. The molecular weight excluding hydrogens is 284 g/mol. The second-order valence-electron chi connectivity index (χ2n) is 4.10. The molecule has 0 atom stereocenters. The first kappa shape index (κ1) is 13.9. The van der Waals surface area contributed by atoms with Crippen molar-refractivity contribution in [1.29, 1.82) is 0 Å². The predicted molar refractivity (Wildman–Crippen MR) is 69.0 cm³/mol. The van der Waals surface area contributed by atoms with E-state index in [1.807, 2.05) is 13.8 Å². The summed E-state index contributed by atoms with van der Waals surface area (Å²) in [4.78, 5) is 22.9. The average Bonchev–Trinajstić information content (AvgIpc) is 2.28. The number of ether oxygens (including phenoxy) is 1. The number of rotatable bonds is 4. The summed E-state index contributed by atoms with van der Waals surface area (Å²) in [6.45, 7) is 3.75. The van der Waals surface area contributed by atoms with Crippen molar-refractivity contribution in [2.45, 2.75) is 20.3 Å². The first-order valence-corrected chi connectivity index (χ1v) is 6.14. The molecule has 0 aliphatic heterocycles. The number of carbonyl (C=O) groups is 2. The molecule has 0 N–H and O–H groups in total. The third kappa shape index (κ3) is 3.66. The summed E-state index contributed by atoms with van der Waals surface area (Å²) in [6.07, 6.45) is 0.387. The van der Waals surface area contributed by atoms with E-state index >= 15 is 0 Å². The highest BCUT2D eigenvalue weighted by Crippen LogP contribution is 2.20. The molecule has 0 heterocycles. The molecule has 1 aromatic carbocycles. The monoisotopic (exact) mass is 298 g/mol. The Morgan fingerprint density at radius 1 is 1.35 bits per heavy atom. The van der Waals surface area contributed by atoms with Crippen LogP contribution in [-0.2, 0) is 16.0 Å². The minimum absolute atomic E-state index is 0.0223. The summed E-state index contributed by atoms with van der Waals surface area (Å²) in [7, 11) is 1.34. The Morgan fingerprint density at radius 2 is 2.00 bits per heavy atom. The normalized spacial score (nSPS) is 10.4. The number of methoxy groups -OCH3 is 1. The predicted octanol–water partition coefficient (Wildman–Crippen LogP) is 3.00. The molecule has 0 fully saturated rings. The van der Waals surface area contributed by atoms with Gasteiger partial charge in [-0.2, -0.15) is 0 Å². The van der Waals surface area contributed by atoms with Crippen molar-refractivity contribution in [2.75, 3.05) is 7.11 Å². The number of hydrogen-bond donors (Lipinski definition) is 0. The minimum Gasteiger partial charge on any atom is -0.465 e. The molecule has 0 aromatic heterocycles. The lowest BCUT2D eigenvalue weighted by Gasteiger charge is -2.07. The highest BCUT2D eigenvalue weighted by atomic mass is 79.9. The Balaban J connectivity index is 2.89. The van der Waals surface area contributed by atoms with Gasteiger partial charge < -0.3 is 4.74 Å². The number of carbonyl (C=O) groups excluding carboxylic acids is 2.